The molecular formula is C11H11ClS. The molecule has 0 nitrogen and oxygen atoms in total. The quantitative estimate of drug-likeness (QED) is 0.669. The van der Waals surface area contributed by atoms with Gasteiger partial charge in [-0.3, -0.25) is 0 Å². The standard InChI is InChI=1S/C11H11ClS/c12-11-6-2-1-4-9(11)8-10-5-3-7-13-10/h1-2,4,6,8H,3,5,7H2/b10-8-. The van der Waals surface area contributed by atoms with Gasteiger partial charge < -0.3 is 0 Å². The molecule has 2 heteroatoms. The summed E-state index contributed by atoms with van der Waals surface area (Å²) in [7, 11) is 0. The number of benzene rings is 1. The highest BCUT2D eigenvalue weighted by Crippen LogP contribution is 2.33. The Morgan fingerprint density at radius 3 is 2.85 bits per heavy atom. The van der Waals surface area contributed by atoms with E-state index < -0.39 is 0 Å². The topological polar surface area (TPSA) is 0 Å². The van der Waals surface area contributed by atoms with Crippen LogP contribution in [0.1, 0.15) is 18.4 Å². The maximum absolute atomic E-state index is 6.05. The summed E-state index contributed by atoms with van der Waals surface area (Å²) >= 11 is 8.00. The molecule has 0 aliphatic carbocycles. The maximum Gasteiger partial charge on any atom is 0.0478 e. The fraction of sp³-hybridized carbons (Fsp3) is 0.273. The molecule has 0 atom stereocenters. The zero-order valence-electron chi connectivity index (χ0n) is 7.29. The zero-order chi connectivity index (χ0) is 9.10. The number of thioether (sulfide) groups is 1. The summed E-state index contributed by atoms with van der Waals surface area (Å²) in [5, 5.41) is 0.850. The lowest BCUT2D eigenvalue weighted by atomic mass is 10.2. The van der Waals surface area contributed by atoms with Gasteiger partial charge in [0.1, 0.15) is 0 Å². The van der Waals surface area contributed by atoms with E-state index in [9.17, 15) is 0 Å². The minimum Gasteiger partial charge on any atom is -0.131 e. The van der Waals surface area contributed by atoms with Crippen molar-refractivity contribution in [2.24, 2.45) is 0 Å². The summed E-state index contributed by atoms with van der Waals surface area (Å²) in [4.78, 5) is 1.47. The Kier molecular flexibility index (Phi) is 2.97. The summed E-state index contributed by atoms with van der Waals surface area (Å²) in [5.74, 6) is 1.26. The molecule has 0 saturated carbocycles. The first-order valence-electron chi connectivity index (χ1n) is 4.44. The highest BCUT2D eigenvalue weighted by Gasteiger charge is 2.07. The van der Waals surface area contributed by atoms with Crippen LogP contribution in [-0.2, 0) is 0 Å². The predicted octanol–water partition coefficient (Wildman–Crippen LogP) is 4.21. The molecule has 1 fully saturated rings. The van der Waals surface area contributed by atoms with Crippen LogP contribution in [0.5, 0.6) is 0 Å². The van der Waals surface area contributed by atoms with Crippen molar-refractivity contribution in [1.82, 2.24) is 0 Å². The maximum atomic E-state index is 6.05. The van der Waals surface area contributed by atoms with Crippen LogP contribution in [0.4, 0.5) is 0 Å². The number of allylic oxidation sites excluding steroid dienone is 1. The van der Waals surface area contributed by atoms with E-state index in [2.05, 4.69) is 12.1 Å². The van der Waals surface area contributed by atoms with Crippen LogP contribution in [-0.4, -0.2) is 5.75 Å². The Labute approximate surface area is 88.0 Å². The molecule has 0 aromatic heterocycles. The van der Waals surface area contributed by atoms with E-state index in [1.807, 2.05) is 30.0 Å². The van der Waals surface area contributed by atoms with Crippen LogP contribution in [0.3, 0.4) is 0 Å². The lowest BCUT2D eigenvalue weighted by Crippen LogP contribution is -1.75. The second-order valence-corrected chi connectivity index (χ2v) is 4.71. The van der Waals surface area contributed by atoms with Gasteiger partial charge in [0.05, 0.1) is 0 Å². The predicted molar refractivity (Wildman–Crippen MR) is 61.1 cm³/mol. The van der Waals surface area contributed by atoms with Crippen LogP contribution in [0.15, 0.2) is 29.2 Å². The fourth-order valence-electron chi connectivity index (χ4n) is 1.40. The summed E-state index contributed by atoms with van der Waals surface area (Å²) in [6.45, 7) is 0. The molecule has 0 N–H and O–H groups in total. The Morgan fingerprint density at radius 2 is 2.15 bits per heavy atom. The molecule has 0 amide bonds. The van der Waals surface area contributed by atoms with Gasteiger partial charge in [-0.25, -0.2) is 0 Å². The van der Waals surface area contributed by atoms with Gasteiger partial charge in [-0.1, -0.05) is 29.8 Å². The molecule has 1 saturated heterocycles. The summed E-state index contributed by atoms with van der Waals surface area (Å²) in [6, 6.07) is 7.99. The summed E-state index contributed by atoms with van der Waals surface area (Å²) in [5.41, 5.74) is 1.15. The van der Waals surface area contributed by atoms with Gasteiger partial charge in [-0.15, -0.1) is 11.8 Å². The van der Waals surface area contributed by atoms with Crippen molar-refractivity contribution < 1.29 is 0 Å². The minimum absolute atomic E-state index is 0.850. The first kappa shape index (κ1) is 9.17. The van der Waals surface area contributed by atoms with Gasteiger partial charge in [0.15, 0.2) is 0 Å². The third-order valence-corrected chi connectivity index (χ3v) is 3.61. The molecule has 0 radical (unpaired) electrons. The van der Waals surface area contributed by atoms with Crippen LogP contribution in [0, 0.1) is 0 Å². The number of halogens is 1. The SMILES string of the molecule is Clc1ccccc1/C=C1/CCCS1. The molecule has 0 spiro atoms. The van der Waals surface area contributed by atoms with Crippen LogP contribution in [0.25, 0.3) is 6.08 Å². The Morgan fingerprint density at radius 1 is 1.31 bits per heavy atom. The average Bonchev–Trinajstić information content (AvgIpc) is 2.61. The first-order valence-corrected chi connectivity index (χ1v) is 5.80. The van der Waals surface area contributed by atoms with Crippen LogP contribution >= 0.6 is 23.4 Å². The lowest BCUT2D eigenvalue weighted by molar-refractivity contribution is 0.999. The normalized spacial score (nSPS) is 19.6. The Balaban J connectivity index is 2.25. The van der Waals surface area contributed by atoms with Gasteiger partial charge in [0, 0.05) is 5.02 Å². The number of hydrogen-bond donors (Lipinski definition) is 0. The van der Waals surface area contributed by atoms with E-state index in [4.69, 9.17) is 11.6 Å². The fourth-order valence-corrected chi connectivity index (χ4v) is 2.64. The largest absolute Gasteiger partial charge is 0.131 e. The highest BCUT2D eigenvalue weighted by molar-refractivity contribution is 8.03. The van der Waals surface area contributed by atoms with Gasteiger partial charge >= 0.3 is 0 Å². The number of hydrogen-bond acceptors (Lipinski definition) is 1. The third kappa shape index (κ3) is 2.29. The van der Waals surface area contributed by atoms with Crippen molar-refractivity contribution in [2.45, 2.75) is 12.8 Å². The van der Waals surface area contributed by atoms with Crippen molar-refractivity contribution >= 4 is 29.4 Å². The second-order valence-electron chi connectivity index (χ2n) is 3.08. The molecule has 1 aliphatic rings. The lowest BCUT2D eigenvalue weighted by Gasteiger charge is -1.98. The average molecular weight is 211 g/mol. The first-order chi connectivity index (χ1) is 6.36. The molecule has 1 aliphatic heterocycles. The van der Waals surface area contributed by atoms with E-state index in [1.54, 1.807) is 0 Å². The molecular weight excluding hydrogens is 200 g/mol. The minimum atomic E-state index is 0.850. The van der Waals surface area contributed by atoms with E-state index in [0.29, 0.717) is 0 Å². The smallest absolute Gasteiger partial charge is 0.0478 e. The molecule has 0 unspecified atom stereocenters. The molecule has 1 aromatic carbocycles. The Bertz CT molecular complexity index is 323. The molecule has 13 heavy (non-hydrogen) atoms. The van der Waals surface area contributed by atoms with E-state index in [1.165, 1.54) is 23.5 Å². The second kappa shape index (κ2) is 4.21. The van der Waals surface area contributed by atoms with Crippen molar-refractivity contribution in [3.63, 3.8) is 0 Å². The van der Waals surface area contributed by atoms with Gasteiger partial charge in [-0.05, 0) is 41.2 Å². The summed E-state index contributed by atoms with van der Waals surface area (Å²) < 4.78 is 0. The molecule has 1 heterocycles. The third-order valence-electron chi connectivity index (χ3n) is 2.08. The number of rotatable bonds is 1. The summed E-state index contributed by atoms with van der Waals surface area (Å²) in [6.07, 6.45) is 4.73. The molecule has 68 valence electrons. The highest BCUT2D eigenvalue weighted by atomic mass is 35.5. The Hall–Kier alpha value is -0.400. The van der Waals surface area contributed by atoms with Gasteiger partial charge in [0.25, 0.3) is 0 Å². The van der Waals surface area contributed by atoms with Crippen molar-refractivity contribution in [3.8, 4) is 0 Å². The molecule has 0 bridgehead atoms. The van der Waals surface area contributed by atoms with Crippen molar-refractivity contribution in [3.05, 3.63) is 39.8 Å². The van der Waals surface area contributed by atoms with E-state index >= 15 is 0 Å². The van der Waals surface area contributed by atoms with Gasteiger partial charge in [-0.2, -0.15) is 0 Å². The van der Waals surface area contributed by atoms with Gasteiger partial charge in [0.2, 0.25) is 0 Å². The van der Waals surface area contributed by atoms with Crippen LogP contribution in [0.2, 0.25) is 5.02 Å². The molecule has 1 aromatic rings. The molecule has 2 rings (SSSR count). The van der Waals surface area contributed by atoms with Crippen LogP contribution < -0.4 is 0 Å². The van der Waals surface area contributed by atoms with Crippen molar-refractivity contribution in [2.75, 3.05) is 5.75 Å². The van der Waals surface area contributed by atoms with E-state index in [-0.39, 0.29) is 0 Å². The zero-order valence-corrected chi connectivity index (χ0v) is 8.87. The monoisotopic (exact) mass is 210 g/mol. The van der Waals surface area contributed by atoms with E-state index in [0.717, 1.165) is 10.6 Å². The van der Waals surface area contributed by atoms with Crippen molar-refractivity contribution in [1.29, 1.82) is 0 Å².